The molecule has 5 nitrogen and oxygen atoms in total. The molecule has 2 aromatic carbocycles. The third-order valence-corrected chi connectivity index (χ3v) is 3.49. The lowest BCUT2D eigenvalue weighted by molar-refractivity contribution is 0.717. The first-order valence-corrected chi connectivity index (χ1v) is 7.34. The number of aryl methyl sites for hydroxylation is 1. The van der Waals surface area contributed by atoms with E-state index in [1.54, 1.807) is 25.3 Å². The van der Waals surface area contributed by atoms with Crippen LogP contribution in [0.15, 0.2) is 64.5 Å². The quantitative estimate of drug-likeness (QED) is 0.695. The van der Waals surface area contributed by atoms with Crippen LogP contribution in [0.1, 0.15) is 11.4 Å². The SMILES string of the molecule is Cc1nnc(-c2ccccc2)c(=O)n1/N=C\c1ccc(Cl)cc1. The van der Waals surface area contributed by atoms with Crippen molar-refractivity contribution in [3.8, 4) is 11.3 Å². The van der Waals surface area contributed by atoms with Crippen LogP contribution in [-0.2, 0) is 0 Å². The van der Waals surface area contributed by atoms with Crippen LogP contribution in [0, 0.1) is 6.92 Å². The number of benzene rings is 2. The molecule has 0 spiro atoms. The van der Waals surface area contributed by atoms with E-state index in [0.717, 1.165) is 5.56 Å². The largest absolute Gasteiger partial charge is 0.301 e. The first-order valence-electron chi connectivity index (χ1n) is 6.97. The van der Waals surface area contributed by atoms with E-state index in [-0.39, 0.29) is 11.3 Å². The van der Waals surface area contributed by atoms with Crippen LogP contribution < -0.4 is 5.56 Å². The van der Waals surface area contributed by atoms with Crippen LogP contribution in [0.25, 0.3) is 11.3 Å². The van der Waals surface area contributed by atoms with Gasteiger partial charge < -0.3 is 0 Å². The van der Waals surface area contributed by atoms with E-state index in [1.807, 2.05) is 42.5 Å². The van der Waals surface area contributed by atoms with Crippen LogP contribution in [0.5, 0.6) is 0 Å². The molecule has 23 heavy (non-hydrogen) atoms. The molecule has 6 heteroatoms. The molecule has 3 rings (SSSR count). The average Bonchev–Trinajstić information content (AvgIpc) is 2.57. The van der Waals surface area contributed by atoms with Gasteiger partial charge in [0.2, 0.25) is 0 Å². The summed E-state index contributed by atoms with van der Waals surface area (Å²) in [4.78, 5) is 12.6. The Morgan fingerprint density at radius 3 is 2.43 bits per heavy atom. The Hall–Kier alpha value is -2.79. The summed E-state index contributed by atoms with van der Waals surface area (Å²) < 4.78 is 1.24. The minimum atomic E-state index is -0.311. The predicted octanol–water partition coefficient (Wildman–Crippen LogP) is 3.15. The van der Waals surface area contributed by atoms with Crippen molar-refractivity contribution >= 4 is 17.8 Å². The normalized spacial score (nSPS) is 11.0. The number of hydrogen-bond acceptors (Lipinski definition) is 4. The molecular formula is C17H13ClN4O. The van der Waals surface area contributed by atoms with Crippen LogP contribution in [0.4, 0.5) is 0 Å². The number of halogens is 1. The molecule has 0 fully saturated rings. The van der Waals surface area contributed by atoms with E-state index in [2.05, 4.69) is 15.3 Å². The smallest absolute Gasteiger partial charge is 0.265 e. The van der Waals surface area contributed by atoms with Crippen LogP contribution >= 0.6 is 11.6 Å². The zero-order chi connectivity index (χ0) is 16.2. The number of hydrogen-bond donors (Lipinski definition) is 0. The number of nitrogens with zero attached hydrogens (tertiary/aromatic N) is 4. The van der Waals surface area contributed by atoms with Gasteiger partial charge in [-0.2, -0.15) is 9.78 Å². The standard InChI is InChI=1S/C17H13ClN4O/c1-12-20-21-16(14-5-3-2-4-6-14)17(23)22(12)19-11-13-7-9-15(18)10-8-13/h2-11H,1H3/b19-11-. The highest BCUT2D eigenvalue weighted by atomic mass is 35.5. The van der Waals surface area contributed by atoms with Crippen molar-refractivity contribution in [2.75, 3.05) is 0 Å². The summed E-state index contributed by atoms with van der Waals surface area (Å²) in [5.41, 5.74) is 1.50. The Morgan fingerprint density at radius 1 is 1.04 bits per heavy atom. The first-order chi connectivity index (χ1) is 11.1. The molecule has 1 aromatic heterocycles. The van der Waals surface area contributed by atoms with Crippen molar-refractivity contribution < 1.29 is 0 Å². The second kappa shape index (κ2) is 6.54. The summed E-state index contributed by atoms with van der Waals surface area (Å²) in [5.74, 6) is 0.417. The second-order valence-electron chi connectivity index (χ2n) is 4.87. The van der Waals surface area contributed by atoms with Crippen molar-refractivity contribution in [1.29, 1.82) is 0 Å². The molecule has 0 aliphatic rings. The van der Waals surface area contributed by atoms with Crippen molar-refractivity contribution in [3.63, 3.8) is 0 Å². The topological polar surface area (TPSA) is 60.1 Å². The van der Waals surface area contributed by atoms with Gasteiger partial charge in [-0.1, -0.05) is 54.1 Å². The van der Waals surface area contributed by atoms with Crippen molar-refractivity contribution in [3.05, 3.63) is 81.4 Å². The lowest BCUT2D eigenvalue weighted by Gasteiger charge is -2.05. The van der Waals surface area contributed by atoms with Gasteiger partial charge in [0.1, 0.15) is 0 Å². The predicted molar refractivity (Wildman–Crippen MR) is 90.9 cm³/mol. The minimum Gasteiger partial charge on any atom is -0.265 e. The highest BCUT2D eigenvalue weighted by Crippen LogP contribution is 2.11. The van der Waals surface area contributed by atoms with Crippen molar-refractivity contribution in [2.45, 2.75) is 6.92 Å². The van der Waals surface area contributed by atoms with Crippen LogP contribution in [0.3, 0.4) is 0 Å². The molecule has 0 unspecified atom stereocenters. The molecule has 1 heterocycles. The van der Waals surface area contributed by atoms with Gasteiger partial charge in [0, 0.05) is 10.6 Å². The average molecular weight is 325 g/mol. The van der Waals surface area contributed by atoms with Crippen LogP contribution in [0.2, 0.25) is 5.02 Å². The molecule has 0 N–H and O–H groups in total. The molecule has 0 saturated heterocycles. The molecule has 114 valence electrons. The maximum Gasteiger partial charge on any atom is 0.301 e. The van der Waals surface area contributed by atoms with Gasteiger partial charge in [0.05, 0.1) is 6.21 Å². The van der Waals surface area contributed by atoms with Gasteiger partial charge in [-0.25, -0.2) is 0 Å². The molecule has 0 atom stereocenters. The molecule has 0 aliphatic carbocycles. The maximum absolute atomic E-state index is 12.6. The van der Waals surface area contributed by atoms with Crippen LogP contribution in [-0.4, -0.2) is 21.1 Å². The molecular weight excluding hydrogens is 312 g/mol. The fraction of sp³-hybridized carbons (Fsp3) is 0.0588. The highest BCUT2D eigenvalue weighted by Gasteiger charge is 2.10. The fourth-order valence-corrected chi connectivity index (χ4v) is 2.17. The van der Waals surface area contributed by atoms with Crippen molar-refractivity contribution in [1.82, 2.24) is 14.9 Å². The molecule has 0 saturated carbocycles. The van der Waals surface area contributed by atoms with Gasteiger partial charge in [-0.05, 0) is 24.6 Å². The first kappa shape index (κ1) is 15.1. The maximum atomic E-state index is 12.6. The molecule has 3 aromatic rings. The molecule has 0 radical (unpaired) electrons. The van der Waals surface area contributed by atoms with Gasteiger partial charge in [-0.3, -0.25) is 4.79 Å². The monoisotopic (exact) mass is 324 g/mol. The summed E-state index contributed by atoms with van der Waals surface area (Å²) in [6.07, 6.45) is 1.58. The third-order valence-electron chi connectivity index (χ3n) is 3.24. The van der Waals surface area contributed by atoms with Gasteiger partial charge in [0.15, 0.2) is 11.5 Å². The minimum absolute atomic E-state index is 0.268. The van der Waals surface area contributed by atoms with Gasteiger partial charge >= 0.3 is 5.56 Å². The fourth-order valence-electron chi connectivity index (χ4n) is 2.04. The second-order valence-corrected chi connectivity index (χ2v) is 5.31. The third kappa shape index (κ3) is 3.35. The summed E-state index contributed by atoms with van der Waals surface area (Å²) in [6, 6.07) is 16.4. The Labute approximate surface area is 137 Å². The van der Waals surface area contributed by atoms with E-state index in [9.17, 15) is 4.79 Å². The Morgan fingerprint density at radius 2 is 1.74 bits per heavy atom. The van der Waals surface area contributed by atoms with E-state index >= 15 is 0 Å². The summed E-state index contributed by atoms with van der Waals surface area (Å²) >= 11 is 5.85. The van der Waals surface area contributed by atoms with E-state index in [4.69, 9.17) is 11.6 Å². The summed E-state index contributed by atoms with van der Waals surface area (Å²) in [6.45, 7) is 1.68. The number of rotatable bonds is 3. The van der Waals surface area contributed by atoms with Crippen molar-refractivity contribution in [2.24, 2.45) is 5.10 Å². The zero-order valence-electron chi connectivity index (χ0n) is 12.3. The Balaban J connectivity index is 2.02. The lowest BCUT2D eigenvalue weighted by atomic mass is 10.2. The van der Waals surface area contributed by atoms with E-state index in [1.165, 1.54) is 4.68 Å². The Kier molecular flexibility index (Phi) is 4.30. The molecule has 0 aliphatic heterocycles. The Bertz CT molecular complexity index is 902. The van der Waals surface area contributed by atoms with E-state index in [0.29, 0.717) is 16.4 Å². The van der Waals surface area contributed by atoms with Gasteiger partial charge in [-0.15, -0.1) is 10.2 Å². The number of aromatic nitrogens is 3. The summed E-state index contributed by atoms with van der Waals surface area (Å²) in [5, 5.41) is 12.9. The molecule has 0 bridgehead atoms. The highest BCUT2D eigenvalue weighted by molar-refractivity contribution is 6.30. The van der Waals surface area contributed by atoms with Gasteiger partial charge in [0.25, 0.3) is 0 Å². The lowest BCUT2D eigenvalue weighted by Crippen LogP contribution is -2.23. The van der Waals surface area contributed by atoms with E-state index < -0.39 is 0 Å². The zero-order valence-corrected chi connectivity index (χ0v) is 13.1. The molecule has 0 amide bonds. The summed E-state index contributed by atoms with van der Waals surface area (Å²) in [7, 11) is 0.